The number of alkyl halides is 2. The maximum absolute atomic E-state index is 13.9. The number of likely N-dealkylation sites (N-methyl/N-ethyl adjacent to an activating group) is 1. The van der Waals surface area contributed by atoms with Gasteiger partial charge in [0.1, 0.15) is 0 Å². The van der Waals surface area contributed by atoms with E-state index in [1.807, 2.05) is 25.8 Å². The minimum Gasteiger partial charge on any atom is -0.377 e. The maximum atomic E-state index is 13.9. The van der Waals surface area contributed by atoms with Crippen LogP contribution in [0.4, 0.5) is 8.78 Å². The smallest absolute Gasteiger partial charge is 0.260 e. The molecule has 3 heterocycles. The van der Waals surface area contributed by atoms with Gasteiger partial charge in [0, 0.05) is 62.0 Å². The summed E-state index contributed by atoms with van der Waals surface area (Å²) in [5, 5.41) is 10.4. The van der Waals surface area contributed by atoms with Crippen LogP contribution >= 0.6 is 0 Å². The number of allylic oxidation sites excluding steroid dienone is 2. The van der Waals surface area contributed by atoms with Gasteiger partial charge in [-0.15, -0.1) is 0 Å². The van der Waals surface area contributed by atoms with Crippen LogP contribution in [0.5, 0.6) is 0 Å². The van der Waals surface area contributed by atoms with E-state index in [9.17, 15) is 13.6 Å². The Morgan fingerprint density at radius 2 is 1.97 bits per heavy atom. The van der Waals surface area contributed by atoms with Gasteiger partial charge in [0.2, 0.25) is 5.91 Å². The number of piperidine rings is 1. The van der Waals surface area contributed by atoms with E-state index in [0.717, 1.165) is 51.1 Å². The highest BCUT2D eigenvalue weighted by Crippen LogP contribution is 2.36. The molecule has 0 aromatic carbocycles. The number of carbonyl (C=O) groups excluding carboxylic acids is 1. The second kappa shape index (κ2) is 10.1. The summed E-state index contributed by atoms with van der Waals surface area (Å²) in [6.07, 6.45) is 4.33. The minimum absolute atomic E-state index is 0.00505. The largest absolute Gasteiger partial charge is 0.377 e. The van der Waals surface area contributed by atoms with E-state index in [2.05, 4.69) is 26.9 Å². The minimum atomic E-state index is -2.48. The fourth-order valence-corrected chi connectivity index (χ4v) is 5.94. The summed E-state index contributed by atoms with van der Waals surface area (Å²) < 4.78 is 27.9. The first-order valence-electron chi connectivity index (χ1n) is 12.4. The number of nitrogens with zero attached hydrogens (tertiary/aromatic N) is 2. The van der Waals surface area contributed by atoms with Crippen molar-refractivity contribution in [2.45, 2.75) is 64.6 Å². The molecular weight excluding hydrogens is 424 g/mol. The number of halogens is 2. The zero-order chi connectivity index (χ0) is 23.7. The number of carbonyl (C=O) groups is 1. The molecular formula is C25H39F2N5O. The molecule has 0 aromatic rings. The molecule has 2 unspecified atom stereocenters. The van der Waals surface area contributed by atoms with Gasteiger partial charge >= 0.3 is 0 Å². The molecule has 1 fully saturated rings. The molecule has 0 bridgehead atoms. The molecule has 3 N–H and O–H groups in total. The van der Waals surface area contributed by atoms with E-state index in [1.165, 1.54) is 11.3 Å². The van der Waals surface area contributed by atoms with Crippen LogP contribution in [-0.2, 0) is 4.79 Å². The monoisotopic (exact) mass is 463 g/mol. The summed E-state index contributed by atoms with van der Waals surface area (Å²) in [4.78, 5) is 16.6. The van der Waals surface area contributed by atoms with E-state index >= 15 is 0 Å². The molecule has 1 saturated heterocycles. The van der Waals surface area contributed by atoms with Crippen molar-refractivity contribution in [3.05, 3.63) is 34.7 Å². The quantitative estimate of drug-likeness (QED) is 0.585. The molecule has 4 aliphatic rings. The SMILES string of the molecule is CN[C@@H]1C=C(NC2CN(C3CCNCC3)C3=C2CN(C(C)=O)CC3)C=C(C(F)F)C(C)[C@@H]1C. The molecule has 0 saturated carbocycles. The summed E-state index contributed by atoms with van der Waals surface area (Å²) in [6.45, 7) is 9.78. The van der Waals surface area contributed by atoms with Crippen LogP contribution in [0.15, 0.2) is 34.7 Å². The molecule has 1 amide bonds. The van der Waals surface area contributed by atoms with Crippen LogP contribution in [0, 0.1) is 11.8 Å². The van der Waals surface area contributed by atoms with E-state index in [1.54, 1.807) is 13.0 Å². The number of rotatable bonds is 5. The van der Waals surface area contributed by atoms with Crippen LogP contribution in [-0.4, -0.2) is 80.0 Å². The van der Waals surface area contributed by atoms with Crippen molar-refractivity contribution in [1.29, 1.82) is 0 Å². The summed E-state index contributed by atoms with van der Waals surface area (Å²) in [5.74, 6) is -0.0698. The van der Waals surface area contributed by atoms with Gasteiger partial charge in [-0.2, -0.15) is 0 Å². The van der Waals surface area contributed by atoms with Gasteiger partial charge in [0.05, 0.1) is 6.04 Å². The molecule has 0 aromatic heterocycles. The molecule has 0 radical (unpaired) electrons. The van der Waals surface area contributed by atoms with Gasteiger partial charge in [-0.05, 0) is 62.5 Å². The van der Waals surface area contributed by atoms with Crippen molar-refractivity contribution in [1.82, 2.24) is 25.8 Å². The standard InChI is InChI=1S/C25H39F2N5O/c1-15-16(2)22(28-4)12-18(11-20(15)25(26)27)30-23-14-32(19-5-8-29-9-6-19)24-7-10-31(17(3)33)13-21(23)24/h11-12,15-16,19,22-23,25,28-30H,5-10,13-14H2,1-4H3/t15?,16-,22+,23?/m0/s1. The van der Waals surface area contributed by atoms with E-state index in [0.29, 0.717) is 12.6 Å². The molecule has 0 spiro atoms. The first kappa shape index (κ1) is 24.2. The third kappa shape index (κ3) is 4.97. The molecule has 4 atom stereocenters. The van der Waals surface area contributed by atoms with Crippen molar-refractivity contribution >= 4 is 5.91 Å². The molecule has 4 rings (SSSR count). The van der Waals surface area contributed by atoms with Crippen molar-refractivity contribution in [3.63, 3.8) is 0 Å². The van der Waals surface area contributed by atoms with Crippen LogP contribution < -0.4 is 16.0 Å². The lowest BCUT2D eigenvalue weighted by atomic mass is 9.85. The third-order valence-electron chi connectivity index (χ3n) is 8.18. The number of nitrogens with one attached hydrogen (secondary N) is 3. The fraction of sp³-hybridized carbons (Fsp3) is 0.720. The number of hydrogen-bond acceptors (Lipinski definition) is 5. The summed E-state index contributed by atoms with van der Waals surface area (Å²) in [7, 11) is 1.89. The Labute approximate surface area is 196 Å². The zero-order valence-corrected chi connectivity index (χ0v) is 20.3. The Bertz CT molecular complexity index is 833. The van der Waals surface area contributed by atoms with E-state index < -0.39 is 6.43 Å². The highest BCUT2D eigenvalue weighted by molar-refractivity contribution is 5.74. The maximum Gasteiger partial charge on any atom is 0.260 e. The van der Waals surface area contributed by atoms with Gasteiger partial charge in [-0.3, -0.25) is 4.79 Å². The topological polar surface area (TPSA) is 59.6 Å². The lowest BCUT2D eigenvalue weighted by Crippen LogP contribution is -2.44. The number of amides is 1. The molecule has 1 aliphatic carbocycles. The van der Waals surface area contributed by atoms with Crippen molar-refractivity contribution < 1.29 is 13.6 Å². The number of hydrogen-bond donors (Lipinski definition) is 3. The Kier molecular flexibility index (Phi) is 7.43. The van der Waals surface area contributed by atoms with Crippen LogP contribution in [0.2, 0.25) is 0 Å². The average molecular weight is 464 g/mol. The van der Waals surface area contributed by atoms with Crippen LogP contribution in [0.1, 0.15) is 40.0 Å². The Hall–Kier alpha value is -1.93. The highest BCUT2D eigenvalue weighted by Gasteiger charge is 2.39. The van der Waals surface area contributed by atoms with Crippen molar-refractivity contribution in [2.24, 2.45) is 11.8 Å². The first-order valence-corrected chi connectivity index (χ1v) is 12.4. The molecule has 33 heavy (non-hydrogen) atoms. The average Bonchev–Trinajstić information content (AvgIpc) is 3.11. The van der Waals surface area contributed by atoms with Crippen LogP contribution in [0.25, 0.3) is 0 Å². The molecule has 8 heteroatoms. The Balaban J connectivity index is 1.63. The van der Waals surface area contributed by atoms with Gasteiger partial charge in [0.15, 0.2) is 0 Å². The lowest BCUT2D eigenvalue weighted by molar-refractivity contribution is -0.128. The molecule has 3 aliphatic heterocycles. The second-order valence-electron chi connectivity index (χ2n) is 10.0. The van der Waals surface area contributed by atoms with E-state index in [-0.39, 0.29) is 35.4 Å². The normalized spacial score (nSPS) is 31.4. The van der Waals surface area contributed by atoms with Crippen molar-refractivity contribution in [3.8, 4) is 0 Å². The predicted octanol–water partition coefficient (Wildman–Crippen LogP) is 2.47. The molecule has 184 valence electrons. The summed E-state index contributed by atoms with van der Waals surface area (Å²) >= 11 is 0. The first-order chi connectivity index (χ1) is 15.8. The Morgan fingerprint density at radius 3 is 2.61 bits per heavy atom. The zero-order valence-electron chi connectivity index (χ0n) is 20.3. The fourth-order valence-electron chi connectivity index (χ4n) is 5.94. The van der Waals surface area contributed by atoms with Gasteiger partial charge in [0.25, 0.3) is 6.43 Å². The van der Waals surface area contributed by atoms with Crippen molar-refractivity contribution in [2.75, 3.05) is 39.8 Å². The van der Waals surface area contributed by atoms with E-state index in [4.69, 9.17) is 0 Å². The Morgan fingerprint density at radius 1 is 1.24 bits per heavy atom. The van der Waals surface area contributed by atoms with Gasteiger partial charge in [-0.25, -0.2) is 8.78 Å². The lowest BCUT2D eigenvalue weighted by Gasteiger charge is -2.37. The summed E-state index contributed by atoms with van der Waals surface area (Å²) in [5.41, 5.74) is 3.55. The third-order valence-corrected chi connectivity index (χ3v) is 8.18. The predicted molar refractivity (Wildman–Crippen MR) is 127 cm³/mol. The van der Waals surface area contributed by atoms with Crippen LogP contribution in [0.3, 0.4) is 0 Å². The van der Waals surface area contributed by atoms with Gasteiger partial charge < -0.3 is 25.8 Å². The highest BCUT2D eigenvalue weighted by atomic mass is 19.3. The second-order valence-corrected chi connectivity index (χ2v) is 10.0. The summed E-state index contributed by atoms with van der Waals surface area (Å²) in [6, 6.07) is 0.512. The molecule has 6 nitrogen and oxygen atoms in total. The van der Waals surface area contributed by atoms with Gasteiger partial charge in [-0.1, -0.05) is 13.8 Å².